The highest BCUT2D eigenvalue weighted by Crippen LogP contribution is 2.08. The number of hydrogen-bond acceptors (Lipinski definition) is 6. The van der Waals surface area contributed by atoms with Crippen molar-refractivity contribution in [2.45, 2.75) is 0 Å². The second-order valence-corrected chi connectivity index (χ2v) is 5.32. The maximum Gasteiger partial charge on any atom is 0.261 e. The Kier molecular flexibility index (Phi) is 4.40. The van der Waals surface area contributed by atoms with E-state index >= 15 is 0 Å². The lowest BCUT2D eigenvalue weighted by atomic mass is 10.4. The second kappa shape index (κ2) is 6.81. The summed E-state index contributed by atoms with van der Waals surface area (Å²) in [5.41, 5.74) is 0. The number of thiophene rings is 1. The van der Waals surface area contributed by atoms with E-state index in [4.69, 9.17) is 0 Å². The van der Waals surface area contributed by atoms with Crippen molar-refractivity contribution in [3.8, 4) is 5.82 Å². The molecule has 3 aromatic heterocycles. The number of nitrogens with one attached hydrogen (secondary N) is 2. The molecule has 7 nitrogen and oxygen atoms in total. The van der Waals surface area contributed by atoms with E-state index in [2.05, 4.69) is 25.7 Å². The van der Waals surface area contributed by atoms with Gasteiger partial charge in [-0.15, -0.1) is 11.3 Å². The molecule has 8 heteroatoms. The van der Waals surface area contributed by atoms with Gasteiger partial charge in [0.2, 0.25) is 0 Å². The number of carbonyl (C=O) groups excluding carboxylic acids is 1. The number of rotatable bonds is 6. The molecule has 0 fully saturated rings. The fourth-order valence-electron chi connectivity index (χ4n) is 1.83. The second-order valence-electron chi connectivity index (χ2n) is 4.37. The lowest BCUT2D eigenvalue weighted by Gasteiger charge is -2.07. The maximum absolute atomic E-state index is 11.8. The van der Waals surface area contributed by atoms with Crippen LogP contribution in [0, 0.1) is 0 Å². The number of anilines is 1. The smallest absolute Gasteiger partial charge is 0.261 e. The lowest BCUT2D eigenvalue weighted by molar-refractivity contribution is 0.0959. The summed E-state index contributed by atoms with van der Waals surface area (Å²) < 4.78 is 1.66. The molecule has 0 bridgehead atoms. The fraction of sp³-hybridized carbons (Fsp3) is 0.143. The summed E-state index contributed by atoms with van der Waals surface area (Å²) >= 11 is 1.42. The summed E-state index contributed by atoms with van der Waals surface area (Å²) in [6.07, 6.45) is 4.98. The monoisotopic (exact) mass is 314 g/mol. The Balaban J connectivity index is 1.50. The molecular weight excluding hydrogens is 300 g/mol. The van der Waals surface area contributed by atoms with Gasteiger partial charge in [0, 0.05) is 31.5 Å². The highest BCUT2D eigenvalue weighted by atomic mass is 32.1. The fourth-order valence-corrected chi connectivity index (χ4v) is 2.47. The van der Waals surface area contributed by atoms with Crippen molar-refractivity contribution in [1.29, 1.82) is 0 Å². The highest BCUT2D eigenvalue weighted by molar-refractivity contribution is 7.12. The van der Waals surface area contributed by atoms with E-state index in [-0.39, 0.29) is 5.91 Å². The van der Waals surface area contributed by atoms with Gasteiger partial charge in [-0.25, -0.2) is 14.6 Å². The minimum atomic E-state index is -0.0586. The van der Waals surface area contributed by atoms with Crippen LogP contribution in [0.25, 0.3) is 5.82 Å². The van der Waals surface area contributed by atoms with Crippen molar-refractivity contribution in [2.24, 2.45) is 0 Å². The third-order valence-electron chi connectivity index (χ3n) is 2.85. The van der Waals surface area contributed by atoms with E-state index in [0.29, 0.717) is 29.6 Å². The summed E-state index contributed by atoms with van der Waals surface area (Å²) in [6.45, 7) is 1.09. The molecule has 0 aliphatic rings. The number of aromatic nitrogens is 4. The first-order chi connectivity index (χ1) is 10.8. The molecule has 2 N–H and O–H groups in total. The van der Waals surface area contributed by atoms with Crippen molar-refractivity contribution >= 4 is 23.1 Å². The summed E-state index contributed by atoms with van der Waals surface area (Å²) in [6, 6.07) is 7.28. The van der Waals surface area contributed by atoms with Crippen molar-refractivity contribution in [3.63, 3.8) is 0 Å². The van der Waals surface area contributed by atoms with Crippen LogP contribution in [-0.2, 0) is 0 Å². The standard InChI is InChI=1S/C14H14N6OS/c21-14(11-3-1-8-22-11)16-6-5-15-12-9-13(18-10-17-12)20-7-2-4-19-20/h1-4,7-10H,5-6H2,(H,16,21)(H,15,17,18). The first-order valence-electron chi connectivity index (χ1n) is 6.70. The van der Waals surface area contributed by atoms with E-state index in [1.165, 1.54) is 17.7 Å². The molecule has 3 rings (SSSR count). The molecule has 0 atom stereocenters. The van der Waals surface area contributed by atoms with Gasteiger partial charge in [0.25, 0.3) is 5.91 Å². The topological polar surface area (TPSA) is 84.7 Å². The van der Waals surface area contributed by atoms with Crippen LogP contribution in [-0.4, -0.2) is 38.7 Å². The molecule has 0 aliphatic heterocycles. The molecule has 0 aromatic carbocycles. The molecule has 112 valence electrons. The van der Waals surface area contributed by atoms with Crippen LogP contribution in [0.3, 0.4) is 0 Å². The molecule has 3 aromatic rings. The minimum Gasteiger partial charge on any atom is -0.368 e. The molecule has 0 saturated carbocycles. The van der Waals surface area contributed by atoms with Crippen molar-refractivity contribution in [3.05, 3.63) is 53.2 Å². The quantitative estimate of drug-likeness (QED) is 0.675. The largest absolute Gasteiger partial charge is 0.368 e. The predicted octanol–water partition coefficient (Wildman–Crippen LogP) is 1.57. The van der Waals surface area contributed by atoms with Gasteiger partial charge in [-0.3, -0.25) is 4.79 Å². The molecule has 0 aliphatic carbocycles. The normalized spacial score (nSPS) is 10.4. The summed E-state index contributed by atoms with van der Waals surface area (Å²) in [5.74, 6) is 1.31. The van der Waals surface area contributed by atoms with Crippen molar-refractivity contribution in [2.75, 3.05) is 18.4 Å². The van der Waals surface area contributed by atoms with Gasteiger partial charge in [-0.1, -0.05) is 6.07 Å². The van der Waals surface area contributed by atoms with Gasteiger partial charge in [-0.05, 0) is 17.5 Å². The van der Waals surface area contributed by atoms with E-state index < -0.39 is 0 Å². The number of hydrogen-bond donors (Lipinski definition) is 2. The Morgan fingerprint density at radius 3 is 3.00 bits per heavy atom. The Bertz CT molecular complexity index is 726. The van der Waals surface area contributed by atoms with Crippen LogP contribution < -0.4 is 10.6 Å². The van der Waals surface area contributed by atoms with Gasteiger partial charge >= 0.3 is 0 Å². The molecule has 0 saturated heterocycles. The zero-order valence-corrected chi connectivity index (χ0v) is 12.5. The SMILES string of the molecule is O=C(NCCNc1cc(-n2cccn2)ncn1)c1cccs1. The third-order valence-corrected chi connectivity index (χ3v) is 3.72. The van der Waals surface area contributed by atoms with Crippen molar-refractivity contribution in [1.82, 2.24) is 25.1 Å². The van der Waals surface area contributed by atoms with Crippen molar-refractivity contribution < 1.29 is 4.79 Å². The zero-order valence-electron chi connectivity index (χ0n) is 11.6. The van der Waals surface area contributed by atoms with Crippen LogP contribution in [0.5, 0.6) is 0 Å². The summed E-state index contributed by atoms with van der Waals surface area (Å²) in [4.78, 5) is 20.8. The number of amides is 1. The Hall–Kier alpha value is -2.74. The molecule has 0 unspecified atom stereocenters. The Labute approximate surface area is 131 Å². The molecular formula is C14H14N6OS. The summed E-state index contributed by atoms with van der Waals surface area (Å²) in [5, 5.41) is 12.0. The van der Waals surface area contributed by atoms with E-state index in [0.717, 1.165) is 0 Å². The van der Waals surface area contributed by atoms with E-state index in [1.54, 1.807) is 23.0 Å². The van der Waals surface area contributed by atoms with E-state index in [1.807, 2.05) is 23.7 Å². The van der Waals surface area contributed by atoms with E-state index in [9.17, 15) is 4.79 Å². The molecule has 1 amide bonds. The average molecular weight is 314 g/mol. The molecule has 0 radical (unpaired) electrons. The lowest BCUT2D eigenvalue weighted by Crippen LogP contribution is -2.28. The highest BCUT2D eigenvalue weighted by Gasteiger charge is 2.05. The third kappa shape index (κ3) is 3.47. The minimum absolute atomic E-state index is 0.0586. The Morgan fingerprint density at radius 1 is 1.27 bits per heavy atom. The van der Waals surface area contributed by atoms with Gasteiger partial charge in [0.1, 0.15) is 12.1 Å². The summed E-state index contributed by atoms with van der Waals surface area (Å²) in [7, 11) is 0. The van der Waals surface area contributed by atoms with Crippen LogP contribution in [0.1, 0.15) is 9.67 Å². The van der Waals surface area contributed by atoms with Crippen LogP contribution in [0.15, 0.2) is 48.4 Å². The predicted molar refractivity (Wildman–Crippen MR) is 84.3 cm³/mol. The molecule has 22 heavy (non-hydrogen) atoms. The molecule has 0 spiro atoms. The van der Waals surface area contributed by atoms with Gasteiger partial charge in [-0.2, -0.15) is 5.10 Å². The van der Waals surface area contributed by atoms with Gasteiger partial charge < -0.3 is 10.6 Å². The van der Waals surface area contributed by atoms with Gasteiger partial charge in [0.15, 0.2) is 5.82 Å². The number of carbonyl (C=O) groups is 1. The number of nitrogens with zero attached hydrogens (tertiary/aromatic N) is 4. The maximum atomic E-state index is 11.8. The first kappa shape index (κ1) is 14.2. The van der Waals surface area contributed by atoms with Crippen LogP contribution in [0.2, 0.25) is 0 Å². The zero-order chi connectivity index (χ0) is 15.2. The van der Waals surface area contributed by atoms with Gasteiger partial charge in [0.05, 0.1) is 4.88 Å². The van der Waals surface area contributed by atoms with Crippen LogP contribution in [0.4, 0.5) is 5.82 Å². The Morgan fingerprint density at radius 2 is 2.23 bits per heavy atom. The van der Waals surface area contributed by atoms with Crippen LogP contribution >= 0.6 is 11.3 Å². The first-order valence-corrected chi connectivity index (χ1v) is 7.58. The average Bonchev–Trinajstić information content (AvgIpc) is 3.24. The molecule has 3 heterocycles.